The van der Waals surface area contributed by atoms with Crippen molar-refractivity contribution in [1.82, 2.24) is 14.9 Å². The molecule has 2 N–H and O–H groups in total. The van der Waals surface area contributed by atoms with Gasteiger partial charge in [-0.1, -0.05) is 22.0 Å². The number of benzene rings is 2. The fourth-order valence-corrected chi connectivity index (χ4v) is 5.25. The summed E-state index contributed by atoms with van der Waals surface area (Å²) in [7, 11) is 0. The molecule has 1 aliphatic rings. The molecule has 1 saturated heterocycles. The molecule has 166 valence electrons. The summed E-state index contributed by atoms with van der Waals surface area (Å²) >= 11 is 9.34. The minimum atomic E-state index is -0.119. The summed E-state index contributed by atoms with van der Waals surface area (Å²) in [4.78, 5) is 6.77. The van der Waals surface area contributed by atoms with Crippen LogP contribution in [0.5, 0.6) is 5.75 Å². The number of hydrogen-bond donors (Lipinski definition) is 2. The average molecular weight is 519 g/mol. The second-order valence-electron chi connectivity index (χ2n) is 8.15. The molecule has 2 unspecified atom stereocenters. The van der Waals surface area contributed by atoms with Gasteiger partial charge >= 0.3 is 0 Å². The molecule has 0 spiro atoms. The number of aromatic hydroxyl groups is 1. The highest BCUT2D eigenvalue weighted by Crippen LogP contribution is 2.44. The molecule has 4 aromatic rings. The number of phenols is 1. The first-order valence-electron chi connectivity index (χ1n) is 10.7. The lowest BCUT2D eigenvalue weighted by molar-refractivity contribution is 0.475. The van der Waals surface area contributed by atoms with Gasteiger partial charge in [0.1, 0.15) is 5.75 Å². The molecule has 0 radical (unpaired) electrons. The van der Waals surface area contributed by atoms with E-state index in [-0.39, 0.29) is 17.8 Å². The quantitative estimate of drug-likeness (QED) is 0.318. The Morgan fingerprint density at radius 3 is 2.33 bits per heavy atom. The molecule has 0 saturated carbocycles. The van der Waals surface area contributed by atoms with Crippen LogP contribution in [0, 0.1) is 13.8 Å². The molecule has 0 aliphatic carbocycles. The van der Waals surface area contributed by atoms with Crippen LogP contribution in [-0.2, 0) is 0 Å². The van der Waals surface area contributed by atoms with Crippen LogP contribution in [0.4, 0.5) is 5.69 Å². The second kappa shape index (κ2) is 8.65. The van der Waals surface area contributed by atoms with E-state index in [0.717, 1.165) is 32.9 Å². The maximum atomic E-state index is 9.82. The Morgan fingerprint density at radius 1 is 0.970 bits per heavy atom. The predicted molar refractivity (Wildman–Crippen MR) is 139 cm³/mol. The van der Waals surface area contributed by atoms with Crippen molar-refractivity contribution in [2.24, 2.45) is 0 Å². The van der Waals surface area contributed by atoms with Crippen molar-refractivity contribution in [3.05, 3.63) is 106 Å². The lowest BCUT2D eigenvalue weighted by Gasteiger charge is -2.28. The van der Waals surface area contributed by atoms with Crippen molar-refractivity contribution < 1.29 is 5.11 Å². The molecule has 7 heteroatoms. The highest BCUT2D eigenvalue weighted by molar-refractivity contribution is 9.10. The summed E-state index contributed by atoms with van der Waals surface area (Å²) in [5.41, 5.74) is 6.43. The van der Waals surface area contributed by atoms with E-state index in [9.17, 15) is 5.11 Å². The molecular weight excluding hydrogens is 496 g/mol. The molecule has 2 aromatic heterocycles. The number of hydrogen-bond acceptors (Lipinski definition) is 3. The van der Waals surface area contributed by atoms with Crippen LogP contribution in [0.3, 0.4) is 0 Å². The van der Waals surface area contributed by atoms with E-state index in [0.29, 0.717) is 5.11 Å². The van der Waals surface area contributed by atoms with Gasteiger partial charge < -0.3 is 19.9 Å². The van der Waals surface area contributed by atoms with Crippen LogP contribution in [0.15, 0.2) is 83.5 Å². The first-order valence-corrected chi connectivity index (χ1v) is 11.9. The zero-order valence-corrected chi connectivity index (χ0v) is 20.6. The normalized spacial score (nSPS) is 17.9. The van der Waals surface area contributed by atoms with Crippen molar-refractivity contribution in [2.75, 3.05) is 4.90 Å². The summed E-state index contributed by atoms with van der Waals surface area (Å²) in [6.07, 6.45) is 1.81. The molecule has 33 heavy (non-hydrogen) atoms. The van der Waals surface area contributed by atoms with Crippen LogP contribution >= 0.6 is 28.1 Å². The zero-order chi connectivity index (χ0) is 23.1. The van der Waals surface area contributed by atoms with Crippen LogP contribution < -0.4 is 10.2 Å². The number of halogens is 1. The maximum Gasteiger partial charge on any atom is 0.174 e. The molecule has 2 atom stereocenters. The van der Waals surface area contributed by atoms with Crippen molar-refractivity contribution in [1.29, 1.82) is 0 Å². The zero-order valence-electron chi connectivity index (χ0n) is 18.2. The van der Waals surface area contributed by atoms with Gasteiger partial charge in [0.25, 0.3) is 0 Å². The third-order valence-electron chi connectivity index (χ3n) is 6.10. The first kappa shape index (κ1) is 21.7. The van der Waals surface area contributed by atoms with Crippen LogP contribution in [0.1, 0.15) is 34.7 Å². The van der Waals surface area contributed by atoms with E-state index in [4.69, 9.17) is 12.2 Å². The van der Waals surface area contributed by atoms with E-state index < -0.39 is 0 Å². The number of thiocarbonyl (C=S) groups is 1. The smallest absolute Gasteiger partial charge is 0.174 e. The fraction of sp³-hybridized carbons (Fsp3) is 0.154. The lowest BCUT2D eigenvalue weighted by Crippen LogP contribution is -2.29. The third kappa shape index (κ3) is 3.92. The summed E-state index contributed by atoms with van der Waals surface area (Å²) < 4.78 is 3.32. The van der Waals surface area contributed by atoms with E-state index in [1.807, 2.05) is 36.5 Å². The SMILES string of the molecule is Cc1cc(C2C(c3ccccn3)NC(=S)N2c2ccc(O)cc2)c(C)n1-c1ccc(Br)cc1. The third-order valence-corrected chi connectivity index (χ3v) is 6.94. The van der Waals surface area contributed by atoms with Crippen LogP contribution in [-0.4, -0.2) is 19.8 Å². The van der Waals surface area contributed by atoms with E-state index in [1.54, 1.807) is 12.1 Å². The van der Waals surface area contributed by atoms with Crippen LogP contribution in [0.25, 0.3) is 5.69 Å². The Balaban J connectivity index is 1.67. The molecule has 0 amide bonds. The standard InChI is InChI=1S/C26H23BrN4OS/c1-16-15-22(17(2)30(16)19-8-6-18(27)7-9-19)25-24(23-5-3-4-14-28-23)29-26(33)31(25)20-10-12-21(32)13-11-20/h3-15,24-25,32H,1-2H3,(H,29,33). The van der Waals surface area contributed by atoms with Crippen molar-refractivity contribution >= 4 is 38.9 Å². The molecule has 2 aromatic carbocycles. The van der Waals surface area contributed by atoms with Gasteiger partial charge in [0, 0.05) is 33.4 Å². The number of aromatic nitrogens is 2. The molecule has 5 rings (SSSR count). The average Bonchev–Trinajstić information content (AvgIpc) is 3.31. The Labute approximate surface area is 206 Å². The van der Waals surface area contributed by atoms with Gasteiger partial charge in [-0.15, -0.1) is 0 Å². The van der Waals surface area contributed by atoms with Gasteiger partial charge in [0.2, 0.25) is 0 Å². The summed E-state index contributed by atoms with van der Waals surface area (Å²) in [6, 6.07) is 23.5. The van der Waals surface area contributed by atoms with Gasteiger partial charge in [-0.25, -0.2) is 0 Å². The van der Waals surface area contributed by atoms with E-state index in [2.05, 4.69) is 79.9 Å². The predicted octanol–water partition coefficient (Wildman–Crippen LogP) is 6.13. The highest BCUT2D eigenvalue weighted by atomic mass is 79.9. The van der Waals surface area contributed by atoms with Crippen molar-refractivity contribution in [3.8, 4) is 11.4 Å². The number of nitrogens with zero attached hydrogens (tertiary/aromatic N) is 3. The van der Waals surface area contributed by atoms with E-state index >= 15 is 0 Å². The van der Waals surface area contributed by atoms with Gasteiger partial charge in [0.15, 0.2) is 5.11 Å². The van der Waals surface area contributed by atoms with Crippen LogP contribution in [0.2, 0.25) is 0 Å². The Kier molecular flexibility index (Phi) is 5.68. The maximum absolute atomic E-state index is 9.82. The van der Waals surface area contributed by atoms with Gasteiger partial charge in [-0.05, 0) is 98.4 Å². The molecule has 5 nitrogen and oxygen atoms in total. The number of nitrogens with one attached hydrogen (secondary N) is 1. The molecule has 1 aliphatic heterocycles. The molecular formula is C26H23BrN4OS. The number of phenolic OH excluding ortho intramolecular Hbond substituents is 1. The molecule has 1 fully saturated rings. The topological polar surface area (TPSA) is 53.3 Å². The largest absolute Gasteiger partial charge is 0.508 e. The molecule has 0 bridgehead atoms. The minimum Gasteiger partial charge on any atom is -0.508 e. The summed E-state index contributed by atoms with van der Waals surface area (Å²) in [5.74, 6) is 0.225. The Morgan fingerprint density at radius 2 is 1.67 bits per heavy atom. The summed E-state index contributed by atoms with van der Waals surface area (Å²) in [5, 5.41) is 14.0. The fourth-order valence-electron chi connectivity index (χ4n) is 4.64. The first-order chi connectivity index (χ1) is 15.9. The number of anilines is 1. The minimum absolute atomic E-state index is 0.104. The molecule has 3 heterocycles. The number of aryl methyl sites for hydroxylation is 1. The van der Waals surface area contributed by atoms with Crippen molar-refractivity contribution in [2.45, 2.75) is 25.9 Å². The monoisotopic (exact) mass is 518 g/mol. The van der Waals surface area contributed by atoms with Gasteiger partial charge in [-0.3, -0.25) is 4.98 Å². The number of pyridine rings is 1. The Bertz CT molecular complexity index is 1300. The number of rotatable bonds is 4. The highest BCUT2D eigenvalue weighted by Gasteiger charge is 2.42. The second-order valence-corrected chi connectivity index (χ2v) is 9.45. The summed E-state index contributed by atoms with van der Waals surface area (Å²) in [6.45, 7) is 4.27. The lowest BCUT2D eigenvalue weighted by atomic mass is 9.96. The van der Waals surface area contributed by atoms with E-state index in [1.165, 1.54) is 5.56 Å². The van der Waals surface area contributed by atoms with Crippen molar-refractivity contribution in [3.63, 3.8) is 0 Å². The van der Waals surface area contributed by atoms with Gasteiger partial charge in [-0.2, -0.15) is 0 Å². The van der Waals surface area contributed by atoms with Gasteiger partial charge in [0.05, 0.1) is 17.8 Å². The Hall–Kier alpha value is -3.16.